The number of rotatable bonds is 2. The fourth-order valence-corrected chi connectivity index (χ4v) is 3.39. The van der Waals surface area contributed by atoms with Crippen LogP contribution in [0.25, 0.3) is 11.0 Å². The number of hydrogen-bond donors (Lipinski definition) is 3. The van der Waals surface area contributed by atoms with E-state index in [-0.39, 0.29) is 17.9 Å². The molecule has 0 aliphatic carbocycles. The van der Waals surface area contributed by atoms with Crippen molar-refractivity contribution in [2.24, 2.45) is 0 Å². The highest BCUT2D eigenvalue weighted by Gasteiger charge is 2.27. The van der Waals surface area contributed by atoms with Gasteiger partial charge in [0.1, 0.15) is 0 Å². The first-order valence-corrected chi connectivity index (χ1v) is 7.70. The van der Waals surface area contributed by atoms with E-state index in [2.05, 4.69) is 50.6 Å². The summed E-state index contributed by atoms with van der Waals surface area (Å²) in [5.41, 5.74) is 10.2. The molecule has 3 aromatic rings. The lowest BCUT2D eigenvalue weighted by Gasteiger charge is -2.30. The molecule has 6 N–H and O–H groups in total. The normalized spacial score (nSPS) is 20.2. The van der Waals surface area contributed by atoms with Gasteiger partial charge in [0.15, 0.2) is 0 Å². The molecule has 24 heavy (non-hydrogen) atoms. The van der Waals surface area contributed by atoms with Crippen LogP contribution in [-0.2, 0) is 0 Å². The molecule has 128 valence electrons. The summed E-state index contributed by atoms with van der Waals surface area (Å²) in [6.45, 7) is 0.982. The zero-order chi connectivity index (χ0) is 14.9. The molecule has 0 amide bonds. The molecule has 1 fully saturated rings. The van der Waals surface area contributed by atoms with Crippen molar-refractivity contribution < 1.29 is 5.48 Å². The topological polar surface area (TPSA) is 111 Å². The molecule has 1 saturated heterocycles. The van der Waals surface area contributed by atoms with Crippen molar-refractivity contribution in [1.29, 1.82) is 0 Å². The van der Waals surface area contributed by atoms with E-state index in [0.29, 0.717) is 17.9 Å². The molecule has 1 aliphatic rings. The van der Waals surface area contributed by atoms with Crippen molar-refractivity contribution in [3.05, 3.63) is 53.9 Å². The first-order valence-electron chi connectivity index (χ1n) is 7.70. The summed E-state index contributed by atoms with van der Waals surface area (Å²) in [7, 11) is 0. The van der Waals surface area contributed by atoms with Gasteiger partial charge >= 0.3 is 0 Å². The molecule has 1 aromatic carbocycles. The van der Waals surface area contributed by atoms with Crippen LogP contribution in [0.1, 0.15) is 36.1 Å². The number of hydrogen-bond acceptors (Lipinski definition) is 4. The monoisotopic (exact) mass is 347 g/mol. The van der Waals surface area contributed by atoms with E-state index >= 15 is 0 Å². The van der Waals surface area contributed by atoms with Gasteiger partial charge in [-0.1, -0.05) is 30.3 Å². The predicted octanol–water partition coefficient (Wildman–Crippen LogP) is 2.35. The zero-order valence-corrected chi connectivity index (χ0v) is 14.0. The lowest BCUT2D eigenvalue weighted by atomic mass is 9.86. The molecular formula is C17H22ClN5O. The van der Waals surface area contributed by atoms with Gasteiger partial charge in [0, 0.05) is 18.2 Å². The second-order valence-electron chi connectivity index (χ2n) is 5.84. The van der Waals surface area contributed by atoms with Crippen LogP contribution in [0.4, 0.5) is 5.95 Å². The minimum Gasteiger partial charge on any atom is -0.412 e. The van der Waals surface area contributed by atoms with Crippen molar-refractivity contribution in [1.82, 2.24) is 20.3 Å². The Bertz CT molecular complexity index is 792. The largest absolute Gasteiger partial charge is 0.412 e. The smallest absolute Gasteiger partial charge is 0.220 e. The Kier molecular flexibility index (Phi) is 5.77. The zero-order valence-electron chi connectivity index (χ0n) is 13.2. The maximum absolute atomic E-state index is 5.88. The van der Waals surface area contributed by atoms with Gasteiger partial charge in [-0.15, -0.1) is 12.4 Å². The van der Waals surface area contributed by atoms with Crippen LogP contribution in [0.2, 0.25) is 0 Å². The van der Waals surface area contributed by atoms with Crippen molar-refractivity contribution >= 4 is 29.4 Å². The van der Waals surface area contributed by atoms with E-state index in [1.807, 2.05) is 12.3 Å². The number of nitrogens with one attached hydrogen (secondary N) is 2. The van der Waals surface area contributed by atoms with E-state index in [1.54, 1.807) is 0 Å². The van der Waals surface area contributed by atoms with Gasteiger partial charge in [0.05, 0.1) is 16.7 Å². The van der Waals surface area contributed by atoms with E-state index < -0.39 is 0 Å². The average molecular weight is 348 g/mol. The number of H-pyrrole nitrogens is 1. The number of aromatic amines is 1. The number of aromatic nitrogens is 3. The number of piperidine rings is 1. The lowest BCUT2D eigenvalue weighted by Crippen LogP contribution is -2.31. The lowest BCUT2D eigenvalue weighted by molar-refractivity contribution is 0.366. The number of benzene rings is 1. The molecular weight excluding hydrogens is 326 g/mol. The van der Waals surface area contributed by atoms with E-state index in [0.717, 1.165) is 36.1 Å². The SMILES string of the molecule is Cl.Nc1nc(C2CCNC(c3ccccc3)C2)c2[nH]ccc2n1.O. The minimum absolute atomic E-state index is 0. The van der Waals surface area contributed by atoms with E-state index in [1.165, 1.54) is 5.56 Å². The van der Waals surface area contributed by atoms with Crippen LogP contribution in [-0.4, -0.2) is 27.0 Å². The molecule has 1 aliphatic heterocycles. The highest BCUT2D eigenvalue weighted by Crippen LogP contribution is 2.35. The summed E-state index contributed by atoms with van der Waals surface area (Å²) in [4.78, 5) is 12.1. The summed E-state index contributed by atoms with van der Waals surface area (Å²) < 4.78 is 0. The average Bonchev–Trinajstić information content (AvgIpc) is 3.03. The van der Waals surface area contributed by atoms with Gasteiger partial charge < -0.3 is 21.5 Å². The van der Waals surface area contributed by atoms with Crippen LogP contribution < -0.4 is 11.1 Å². The number of nitrogen functional groups attached to an aromatic ring is 1. The second kappa shape index (κ2) is 7.61. The molecule has 4 rings (SSSR count). The molecule has 2 atom stereocenters. The quantitative estimate of drug-likeness (QED) is 0.660. The van der Waals surface area contributed by atoms with Crippen molar-refractivity contribution in [3.63, 3.8) is 0 Å². The highest BCUT2D eigenvalue weighted by molar-refractivity contribution is 5.85. The van der Waals surface area contributed by atoms with Gasteiger partial charge in [-0.3, -0.25) is 0 Å². The van der Waals surface area contributed by atoms with Gasteiger partial charge in [0.2, 0.25) is 5.95 Å². The number of nitrogens with two attached hydrogens (primary N) is 1. The maximum atomic E-state index is 5.88. The van der Waals surface area contributed by atoms with Crippen molar-refractivity contribution in [3.8, 4) is 0 Å². The predicted molar refractivity (Wildman–Crippen MR) is 98.3 cm³/mol. The van der Waals surface area contributed by atoms with Crippen LogP contribution >= 0.6 is 12.4 Å². The standard InChI is InChI=1S/C17H19N5.ClH.H2O/c18-17-21-13-7-9-20-16(13)15(22-17)12-6-8-19-14(10-12)11-4-2-1-3-5-11;;/h1-5,7,9,12,14,19-20H,6,8,10H2,(H2,18,21,22);1H;1H2. The van der Waals surface area contributed by atoms with Crippen LogP contribution in [0.3, 0.4) is 0 Å². The third-order valence-corrected chi connectivity index (χ3v) is 4.44. The molecule has 3 heterocycles. The number of anilines is 1. The van der Waals surface area contributed by atoms with Gasteiger partial charge in [0.25, 0.3) is 0 Å². The number of fused-ring (bicyclic) bond motifs is 1. The Morgan fingerprint density at radius 1 is 1.08 bits per heavy atom. The molecule has 0 bridgehead atoms. The van der Waals surface area contributed by atoms with Gasteiger partial charge in [-0.25, -0.2) is 9.97 Å². The van der Waals surface area contributed by atoms with Crippen LogP contribution in [0.5, 0.6) is 0 Å². The van der Waals surface area contributed by atoms with E-state index in [9.17, 15) is 0 Å². The van der Waals surface area contributed by atoms with Crippen LogP contribution in [0, 0.1) is 0 Å². The van der Waals surface area contributed by atoms with Crippen molar-refractivity contribution in [2.75, 3.05) is 12.3 Å². The maximum Gasteiger partial charge on any atom is 0.220 e. The summed E-state index contributed by atoms with van der Waals surface area (Å²) in [6, 6.07) is 12.9. The molecule has 6 nitrogen and oxygen atoms in total. The number of nitrogens with zero attached hydrogens (tertiary/aromatic N) is 2. The third-order valence-electron chi connectivity index (χ3n) is 4.44. The summed E-state index contributed by atoms with van der Waals surface area (Å²) in [5, 5.41) is 3.61. The van der Waals surface area contributed by atoms with Crippen LogP contribution in [0.15, 0.2) is 42.6 Å². The number of halogens is 1. The Morgan fingerprint density at radius 3 is 2.67 bits per heavy atom. The molecule has 0 radical (unpaired) electrons. The molecule has 7 heteroatoms. The van der Waals surface area contributed by atoms with Gasteiger partial charge in [-0.05, 0) is 31.0 Å². The molecule has 0 saturated carbocycles. The Balaban J connectivity index is 0.00000104. The summed E-state index contributed by atoms with van der Waals surface area (Å²) in [5.74, 6) is 0.745. The first-order chi connectivity index (χ1) is 10.8. The Morgan fingerprint density at radius 2 is 1.88 bits per heavy atom. The molecule has 2 aromatic heterocycles. The second-order valence-corrected chi connectivity index (χ2v) is 5.84. The molecule has 0 spiro atoms. The summed E-state index contributed by atoms with van der Waals surface area (Å²) in [6.07, 6.45) is 3.99. The third kappa shape index (κ3) is 3.36. The first kappa shape index (κ1) is 18.2. The van der Waals surface area contributed by atoms with Crippen molar-refractivity contribution in [2.45, 2.75) is 24.8 Å². The fraction of sp³-hybridized carbons (Fsp3) is 0.294. The Hall–Kier alpha value is -2.15. The minimum atomic E-state index is 0. The highest BCUT2D eigenvalue weighted by atomic mass is 35.5. The molecule has 2 unspecified atom stereocenters. The van der Waals surface area contributed by atoms with E-state index in [4.69, 9.17) is 5.73 Å². The Labute approximate surface area is 146 Å². The fourth-order valence-electron chi connectivity index (χ4n) is 3.39. The van der Waals surface area contributed by atoms with Gasteiger partial charge in [-0.2, -0.15) is 0 Å². The summed E-state index contributed by atoms with van der Waals surface area (Å²) >= 11 is 0.